The molecule has 2 fully saturated rings. The number of aromatic nitrogens is 1. The van der Waals surface area contributed by atoms with E-state index in [-0.39, 0.29) is 29.0 Å². The van der Waals surface area contributed by atoms with Crippen molar-refractivity contribution < 1.29 is 32.6 Å². The lowest BCUT2D eigenvalue weighted by molar-refractivity contribution is -0.0951. The smallest absolute Gasteiger partial charge is 0.412 e. The SMILES string of the molecule is CC(C)N(C(=O)O)[C@H]1CC[C@H](c2ncc(-c3ccc(NC(=O)OC4COC4)cc3S(=O)(=O)NC(C)(C)C)s2)CC1. The molecule has 2 heterocycles. The molecule has 2 aliphatic rings. The Morgan fingerprint density at radius 3 is 2.40 bits per heavy atom. The number of amides is 2. The molecule has 2 amide bonds. The van der Waals surface area contributed by atoms with Crippen molar-refractivity contribution in [3.63, 3.8) is 0 Å². The lowest BCUT2D eigenvalue weighted by atomic mass is 9.85. The van der Waals surface area contributed by atoms with Crippen LogP contribution in [0.2, 0.25) is 0 Å². The second kappa shape index (κ2) is 12.0. The Kier molecular flexibility index (Phi) is 9.08. The Labute approximate surface area is 239 Å². The number of rotatable bonds is 8. The molecular weight excluding hydrogens is 556 g/mol. The molecule has 220 valence electrons. The summed E-state index contributed by atoms with van der Waals surface area (Å²) in [6.07, 6.45) is 2.93. The van der Waals surface area contributed by atoms with Gasteiger partial charge in [0.15, 0.2) is 6.10 Å². The zero-order valence-electron chi connectivity index (χ0n) is 23.5. The van der Waals surface area contributed by atoms with Gasteiger partial charge in [0.2, 0.25) is 10.0 Å². The van der Waals surface area contributed by atoms with Gasteiger partial charge in [-0.25, -0.2) is 27.7 Å². The van der Waals surface area contributed by atoms with Crippen molar-refractivity contribution in [1.82, 2.24) is 14.6 Å². The average molecular weight is 595 g/mol. The zero-order valence-corrected chi connectivity index (χ0v) is 25.1. The van der Waals surface area contributed by atoms with Crippen LogP contribution in [0, 0.1) is 0 Å². The Balaban J connectivity index is 1.56. The van der Waals surface area contributed by atoms with Gasteiger partial charge in [-0.2, -0.15) is 0 Å². The lowest BCUT2D eigenvalue weighted by Crippen LogP contribution is -2.45. The Morgan fingerprint density at radius 1 is 1.18 bits per heavy atom. The zero-order chi connectivity index (χ0) is 29.2. The molecule has 0 spiro atoms. The van der Waals surface area contributed by atoms with Crippen molar-refractivity contribution in [2.75, 3.05) is 18.5 Å². The van der Waals surface area contributed by atoms with Crippen molar-refractivity contribution >= 4 is 39.2 Å². The minimum Gasteiger partial charge on any atom is -0.465 e. The predicted octanol–water partition coefficient (Wildman–Crippen LogP) is 5.25. The second-order valence-corrected chi connectivity index (χ2v) is 14.3. The van der Waals surface area contributed by atoms with Gasteiger partial charge in [0.1, 0.15) is 0 Å². The third-order valence-corrected chi connectivity index (χ3v) is 9.84. The minimum atomic E-state index is -3.96. The molecule has 40 heavy (non-hydrogen) atoms. The Bertz CT molecular complexity index is 1320. The van der Waals surface area contributed by atoms with Gasteiger partial charge in [0.05, 0.1) is 28.0 Å². The molecule has 4 rings (SSSR count). The summed E-state index contributed by atoms with van der Waals surface area (Å²) in [5.41, 5.74) is 0.0526. The van der Waals surface area contributed by atoms with E-state index < -0.39 is 27.7 Å². The molecular formula is C27H38N4O7S2. The molecule has 0 bridgehead atoms. The van der Waals surface area contributed by atoms with E-state index in [1.165, 1.54) is 22.3 Å². The molecule has 0 atom stereocenters. The van der Waals surface area contributed by atoms with Crippen molar-refractivity contribution in [1.29, 1.82) is 0 Å². The molecule has 1 aliphatic heterocycles. The third-order valence-electron chi connectivity index (χ3n) is 6.84. The van der Waals surface area contributed by atoms with Crippen LogP contribution in [0.25, 0.3) is 10.4 Å². The van der Waals surface area contributed by atoms with E-state index in [2.05, 4.69) is 15.0 Å². The predicted molar refractivity (Wildman–Crippen MR) is 152 cm³/mol. The van der Waals surface area contributed by atoms with Crippen LogP contribution in [-0.2, 0) is 19.5 Å². The van der Waals surface area contributed by atoms with E-state index in [1.807, 2.05) is 13.8 Å². The van der Waals surface area contributed by atoms with Crippen LogP contribution in [0.5, 0.6) is 0 Å². The van der Waals surface area contributed by atoms with E-state index >= 15 is 0 Å². The first-order valence-corrected chi connectivity index (χ1v) is 15.7. The van der Waals surface area contributed by atoms with E-state index in [0.29, 0.717) is 29.3 Å². The molecule has 1 aliphatic carbocycles. The monoisotopic (exact) mass is 594 g/mol. The summed E-state index contributed by atoms with van der Waals surface area (Å²) in [6.45, 7) is 9.74. The van der Waals surface area contributed by atoms with Crippen LogP contribution in [0.1, 0.15) is 71.2 Å². The molecule has 11 nitrogen and oxygen atoms in total. The van der Waals surface area contributed by atoms with Crippen molar-refractivity contribution in [3.05, 3.63) is 29.4 Å². The number of nitrogens with one attached hydrogen (secondary N) is 2. The van der Waals surface area contributed by atoms with E-state index in [0.717, 1.165) is 30.7 Å². The van der Waals surface area contributed by atoms with E-state index in [9.17, 15) is 23.1 Å². The number of hydrogen-bond acceptors (Lipinski definition) is 8. The van der Waals surface area contributed by atoms with Gasteiger partial charge >= 0.3 is 12.2 Å². The van der Waals surface area contributed by atoms with Crippen LogP contribution in [0.4, 0.5) is 15.3 Å². The summed E-state index contributed by atoms with van der Waals surface area (Å²) in [6, 6.07) is 4.64. The van der Waals surface area contributed by atoms with Crippen LogP contribution in [-0.4, -0.2) is 72.5 Å². The normalized spacial score (nSPS) is 20.1. The van der Waals surface area contributed by atoms with E-state index in [1.54, 1.807) is 39.1 Å². The standard InChI is InChI=1S/C27H38N4O7S2/c1-16(2)31(26(33)34)19-9-6-17(7-10-19)24-28-13-22(39-24)21-11-8-18(29-25(32)38-20-14-37-15-20)12-23(21)40(35,36)30-27(3,4)5/h8,11-13,16-17,19-20,30H,6-7,9-10,14-15H2,1-5H3,(H,29,32)(H,33,34)/t17-,19-. The number of carbonyl (C=O) groups is 2. The summed E-state index contributed by atoms with van der Waals surface area (Å²) in [5, 5.41) is 13.1. The van der Waals surface area contributed by atoms with Crippen molar-refractivity contribution in [2.45, 2.75) is 94.8 Å². The summed E-state index contributed by atoms with van der Waals surface area (Å²) in [5.74, 6) is 0.178. The number of thiazole rings is 1. The van der Waals surface area contributed by atoms with Crippen LogP contribution in [0.15, 0.2) is 29.3 Å². The number of ether oxygens (including phenoxy) is 2. The largest absolute Gasteiger partial charge is 0.465 e. The van der Waals surface area contributed by atoms with Crippen molar-refractivity contribution in [2.24, 2.45) is 0 Å². The maximum absolute atomic E-state index is 13.5. The maximum atomic E-state index is 13.5. The van der Waals surface area contributed by atoms with Gasteiger partial charge in [-0.05, 0) is 72.4 Å². The highest BCUT2D eigenvalue weighted by molar-refractivity contribution is 7.89. The summed E-state index contributed by atoms with van der Waals surface area (Å²) in [4.78, 5) is 30.9. The summed E-state index contributed by atoms with van der Waals surface area (Å²) in [7, 11) is -3.96. The molecule has 13 heteroatoms. The number of nitrogens with zero attached hydrogens (tertiary/aromatic N) is 2. The highest BCUT2D eigenvalue weighted by Gasteiger charge is 2.33. The molecule has 1 saturated heterocycles. The van der Waals surface area contributed by atoms with Gasteiger partial charge in [-0.15, -0.1) is 11.3 Å². The molecule has 1 aromatic carbocycles. The van der Waals surface area contributed by atoms with Gasteiger partial charge in [-0.3, -0.25) is 5.32 Å². The number of anilines is 1. The van der Waals surface area contributed by atoms with Crippen molar-refractivity contribution in [3.8, 4) is 10.4 Å². The quantitative estimate of drug-likeness (QED) is 0.376. The second-order valence-electron chi connectivity index (χ2n) is 11.6. The average Bonchev–Trinajstić information content (AvgIpc) is 3.30. The highest BCUT2D eigenvalue weighted by atomic mass is 32.2. The first-order chi connectivity index (χ1) is 18.7. The van der Waals surface area contributed by atoms with Gasteiger partial charge < -0.3 is 19.5 Å². The molecule has 0 unspecified atom stereocenters. The van der Waals surface area contributed by atoms with Crippen LogP contribution in [0.3, 0.4) is 0 Å². The highest BCUT2D eigenvalue weighted by Crippen LogP contribution is 2.41. The van der Waals surface area contributed by atoms with Gasteiger partial charge in [0, 0.05) is 41.0 Å². The summed E-state index contributed by atoms with van der Waals surface area (Å²) >= 11 is 1.44. The fourth-order valence-corrected chi connectivity index (χ4v) is 7.92. The first-order valence-electron chi connectivity index (χ1n) is 13.4. The molecule has 0 radical (unpaired) electrons. The topological polar surface area (TPSA) is 147 Å². The molecule has 2 aromatic rings. The number of carbonyl (C=O) groups excluding carboxylic acids is 1. The Hall–Kier alpha value is -2.74. The van der Waals surface area contributed by atoms with Crippen LogP contribution >= 0.6 is 11.3 Å². The first kappa shape index (κ1) is 30.2. The summed E-state index contributed by atoms with van der Waals surface area (Å²) < 4.78 is 39.9. The molecule has 3 N–H and O–H groups in total. The maximum Gasteiger partial charge on any atom is 0.412 e. The van der Waals surface area contributed by atoms with Gasteiger partial charge in [-0.1, -0.05) is 6.07 Å². The molecule has 1 aromatic heterocycles. The fraction of sp³-hybridized carbons (Fsp3) is 0.593. The lowest BCUT2D eigenvalue weighted by Gasteiger charge is -2.37. The number of hydrogen-bond donors (Lipinski definition) is 3. The third kappa shape index (κ3) is 7.31. The number of sulfonamides is 1. The van der Waals surface area contributed by atoms with E-state index in [4.69, 9.17) is 9.47 Å². The van der Waals surface area contributed by atoms with Gasteiger partial charge in [0.25, 0.3) is 0 Å². The fourth-order valence-electron chi connectivity index (χ4n) is 5.07. The van der Waals surface area contributed by atoms with Crippen LogP contribution < -0.4 is 10.0 Å². The number of benzene rings is 1. The number of carboxylic acid groups (broad SMARTS) is 1. The molecule has 1 saturated carbocycles. The minimum absolute atomic E-state index is 0.0167. The Morgan fingerprint density at radius 2 is 1.85 bits per heavy atom.